The summed E-state index contributed by atoms with van der Waals surface area (Å²) in [5.74, 6) is -0.620. The summed E-state index contributed by atoms with van der Waals surface area (Å²) in [6.45, 7) is 0. The molecule has 4 N–H and O–H groups in total. The minimum atomic E-state index is -1.83. The zero-order chi connectivity index (χ0) is 10.3. The van der Waals surface area contributed by atoms with E-state index in [9.17, 15) is 4.39 Å². The highest BCUT2D eigenvalue weighted by Crippen LogP contribution is 2.27. The van der Waals surface area contributed by atoms with Crippen molar-refractivity contribution >= 4 is 39.7 Å². The first-order chi connectivity index (χ1) is 6.61. The Morgan fingerprint density at radius 1 is 1.43 bits per heavy atom. The highest BCUT2D eigenvalue weighted by molar-refractivity contribution is 7.17. The fourth-order valence-corrected chi connectivity index (χ4v) is 2.17. The van der Waals surface area contributed by atoms with Crippen LogP contribution in [0.15, 0.2) is 17.5 Å². The number of hydrogen-bond acceptors (Lipinski definition) is 4. The summed E-state index contributed by atoms with van der Waals surface area (Å²) in [6.07, 6.45) is 0. The van der Waals surface area contributed by atoms with E-state index in [0.717, 1.165) is 0 Å². The first-order valence-electron chi connectivity index (χ1n) is 3.92. The van der Waals surface area contributed by atoms with Crippen LogP contribution in [0.3, 0.4) is 0 Å². The summed E-state index contributed by atoms with van der Waals surface area (Å²) < 4.78 is 14.2. The van der Waals surface area contributed by atoms with Crippen molar-refractivity contribution in [2.24, 2.45) is 0 Å². The maximum atomic E-state index is 13.6. The highest BCUT2D eigenvalue weighted by Gasteiger charge is 2.20. The Labute approximate surface area is 83.7 Å². The lowest BCUT2D eigenvalue weighted by molar-refractivity contribution is 0.423. The third-order valence-corrected chi connectivity index (χ3v) is 2.97. The van der Waals surface area contributed by atoms with Gasteiger partial charge in [-0.05, 0) is 17.5 Å². The third kappa shape index (κ3) is 1.28. The standard InChI is InChI=1S/C8H7BFNO2S/c10-7-4-1-2-14-8(4)6(11)3-5(7)9(12)13/h1-3,12-13H,11H2. The third-order valence-electron chi connectivity index (χ3n) is 2.01. The SMILES string of the molecule is Nc1cc(B(O)O)c(F)c2ccsc12. The Morgan fingerprint density at radius 3 is 2.79 bits per heavy atom. The Kier molecular flexibility index (Phi) is 2.18. The summed E-state index contributed by atoms with van der Waals surface area (Å²) in [7, 11) is -1.83. The highest BCUT2D eigenvalue weighted by atomic mass is 32.1. The molecule has 1 heterocycles. The molecule has 2 rings (SSSR count). The largest absolute Gasteiger partial charge is 0.491 e. The van der Waals surface area contributed by atoms with Gasteiger partial charge < -0.3 is 15.8 Å². The monoisotopic (exact) mass is 211 g/mol. The van der Waals surface area contributed by atoms with Gasteiger partial charge in [0.15, 0.2) is 0 Å². The van der Waals surface area contributed by atoms with Crippen molar-refractivity contribution in [2.75, 3.05) is 5.73 Å². The number of fused-ring (bicyclic) bond motifs is 1. The van der Waals surface area contributed by atoms with E-state index in [1.54, 1.807) is 11.4 Å². The van der Waals surface area contributed by atoms with Gasteiger partial charge in [0.25, 0.3) is 0 Å². The van der Waals surface area contributed by atoms with E-state index in [2.05, 4.69) is 0 Å². The second-order valence-electron chi connectivity index (χ2n) is 2.91. The van der Waals surface area contributed by atoms with Crippen LogP contribution in [0.5, 0.6) is 0 Å². The van der Waals surface area contributed by atoms with Gasteiger partial charge in [0.05, 0.1) is 4.70 Å². The molecule has 0 aliphatic rings. The van der Waals surface area contributed by atoms with Crippen molar-refractivity contribution in [1.29, 1.82) is 0 Å². The van der Waals surface area contributed by atoms with Crippen LogP contribution in [-0.2, 0) is 0 Å². The van der Waals surface area contributed by atoms with Gasteiger partial charge in [0, 0.05) is 16.5 Å². The Balaban J connectivity index is 2.82. The second kappa shape index (κ2) is 3.23. The molecule has 0 saturated carbocycles. The van der Waals surface area contributed by atoms with Gasteiger partial charge in [-0.2, -0.15) is 0 Å². The average Bonchev–Trinajstić information content (AvgIpc) is 2.59. The molecule has 0 bridgehead atoms. The molecule has 0 aliphatic heterocycles. The first kappa shape index (κ1) is 9.45. The van der Waals surface area contributed by atoms with Crippen LogP contribution in [0.1, 0.15) is 0 Å². The molecule has 0 atom stereocenters. The zero-order valence-electron chi connectivity index (χ0n) is 7.07. The zero-order valence-corrected chi connectivity index (χ0v) is 7.88. The molecule has 72 valence electrons. The summed E-state index contributed by atoms with van der Waals surface area (Å²) in [4.78, 5) is 0. The molecular formula is C8H7BFNO2S. The van der Waals surface area contributed by atoms with Crippen molar-refractivity contribution in [1.82, 2.24) is 0 Å². The van der Waals surface area contributed by atoms with Gasteiger partial charge in [-0.3, -0.25) is 0 Å². The van der Waals surface area contributed by atoms with Crippen LogP contribution in [0, 0.1) is 5.82 Å². The van der Waals surface area contributed by atoms with Crippen LogP contribution in [0.25, 0.3) is 10.1 Å². The van der Waals surface area contributed by atoms with E-state index in [-0.39, 0.29) is 5.46 Å². The van der Waals surface area contributed by atoms with E-state index < -0.39 is 12.9 Å². The lowest BCUT2D eigenvalue weighted by Crippen LogP contribution is -2.33. The van der Waals surface area contributed by atoms with Crippen molar-refractivity contribution in [2.45, 2.75) is 0 Å². The number of nitrogens with two attached hydrogens (primary N) is 1. The smallest absolute Gasteiger partial charge is 0.423 e. The van der Waals surface area contributed by atoms with Gasteiger partial charge in [-0.1, -0.05) is 0 Å². The molecular weight excluding hydrogens is 204 g/mol. The summed E-state index contributed by atoms with van der Waals surface area (Å²) in [5.41, 5.74) is 5.80. The van der Waals surface area contributed by atoms with E-state index in [1.807, 2.05) is 0 Å². The molecule has 0 aliphatic carbocycles. The van der Waals surface area contributed by atoms with Crippen molar-refractivity contribution < 1.29 is 14.4 Å². The maximum Gasteiger partial charge on any atom is 0.491 e. The number of anilines is 1. The van der Waals surface area contributed by atoms with Crippen molar-refractivity contribution in [3.8, 4) is 0 Å². The lowest BCUT2D eigenvalue weighted by Gasteiger charge is -2.05. The number of rotatable bonds is 1. The van der Waals surface area contributed by atoms with Crippen molar-refractivity contribution in [3.05, 3.63) is 23.3 Å². The van der Waals surface area contributed by atoms with E-state index in [1.165, 1.54) is 17.4 Å². The second-order valence-corrected chi connectivity index (χ2v) is 3.82. The molecule has 0 radical (unpaired) electrons. The molecule has 2 aromatic rings. The number of benzene rings is 1. The maximum absolute atomic E-state index is 13.6. The normalized spacial score (nSPS) is 10.8. The number of nitrogen functional groups attached to an aromatic ring is 1. The fourth-order valence-electron chi connectivity index (χ4n) is 1.35. The molecule has 0 amide bonds. The van der Waals surface area contributed by atoms with Gasteiger partial charge >= 0.3 is 7.12 Å². The van der Waals surface area contributed by atoms with Crippen LogP contribution in [0.2, 0.25) is 0 Å². The van der Waals surface area contributed by atoms with Crippen molar-refractivity contribution in [3.63, 3.8) is 0 Å². The van der Waals surface area contributed by atoms with Gasteiger partial charge in [0.1, 0.15) is 5.82 Å². The quantitative estimate of drug-likeness (QED) is 0.469. The number of hydrogen-bond donors (Lipinski definition) is 3. The van der Waals surface area contributed by atoms with Crippen LogP contribution in [0.4, 0.5) is 10.1 Å². The minimum absolute atomic E-state index is 0.187. The fraction of sp³-hybridized carbons (Fsp3) is 0. The van der Waals surface area contributed by atoms with Crippen LogP contribution < -0.4 is 11.2 Å². The van der Waals surface area contributed by atoms with Gasteiger partial charge in [0.2, 0.25) is 0 Å². The first-order valence-corrected chi connectivity index (χ1v) is 4.80. The predicted molar refractivity (Wildman–Crippen MR) is 56.0 cm³/mol. The lowest BCUT2D eigenvalue weighted by atomic mass is 9.79. The molecule has 3 nitrogen and oxygen atoms in total. The summed E-state index contributed by atoms with van der Waals surface area (Å²) in [5, 5.41) is 19.8. The molecule has 0 fully saturated rings. The minimum Gasteiger partial charge on any atom is -0.423 e. The topological polar surface area (TPSA) is 66.5 Å². The van der Waals surface area contributed by atoms with Gasteiger partial charge in [-0.15, -0.1) is 11.3 Å². The van der Waals surface area contributed by atoms with E-state index in [0.29, 0.717) is 15.8 Å². The molecule has 1 aromatic heterocycles. The molecule has 14 heavy (non-hydrogen) atoms. The summed E-state index contributed by atoms with van der Waals surface area (Å²) >= 11 is 1.32. The Morgan fingerprint density at radius 2 is 2.14 bits per heavy atom. The van der Waals surface area contributed by atoms with E-state index in [4.69, 9.17) is 15.8 Å². The average molecular weight is 211 g/mol. The number of thiophene rings is 1. The Bertz CT molecular complexity index is 485. The van der Waals surface area contributed by atoms with Crippen LogP contribution >= 0.6 is 11.3 Å². The Hall–Kier alpha value is -1.11. The van der Waals surface area contributed by atoms with Crippen LogP contribution in [-0.4, -0.2) is 17.2 Å². The predicted octanol–water partition coefficient (Wildman–Crippen LogP) is 0.302. The molecule has 6 heteroatoms. The molecule has 1 aromatic carbocycles. The molecule has 0 spiro atoms. The van der Waals surface area contributed by atoms with Gasteiger partial charge in [-0.25, -0.2) is 4.39 Å². The van der Waals surface area contributed by atoms with E-state index >= 15 is 0 Å². The molecule has 0 unspecified atom stereocenters. The molecule has 0 saturated heterocycles. The summed E-state index contributed by atoms with van der Waals surface area (Å²) in [6, 6.07) is 2.82. The number of halogens is 1.